The Morgan fingerprint density at radius 1 is 0.935 bits per heavy atom. The summed E-state index contributed by atoms with van der Waals surface area (Å²) in [5, 5.41) is 7.69. The maximum absolute atomic E-state index is 13.2. The van der Waals surface area contributed by atoms with Crippen LogP contribution in [-0.2, 0) is 7.05 Å². The fraction of sp³-hybridized carbons (Fsp3) is 0.0476. The van der Waals surface area contributed by atoms with E-state index in [-0.39, 0.29) is 17.3 Å². The van der Waals surface area contributed by atoms with Crippen molar-refractivity contribution in [2.75, 3.05) is 5.32 Å². The number of rotatable bonds is 6. The maximum atomic E-state index is 13.2. The quantitative estimate of drug-likeness (QED) is 0.439. The first-order valence-electron chi connectivity index (χ1n) is 9.01. The van der Waals surface area contributed by atoms with Crippen LogP contribution in [0.2, 0.25) is 0 Å². The van der Waals surface area contributed by atoms with Crippen molar-refractivity contribution >= 4 is 35.2 Å². The highest BCUT2D eigenvalue weighted by atomic mass is 32.2. The summed E-state index contributed by atoms with van der Waals surface area (Å²) in [5.74, 6) is -0.785. The van der Waals surface area contributed by atoms with Crippen molar-refractivity contribution in [3.8, 4) is 0 Å². The van der Waals surface area contributed by atoms with Gasteiger partial charge in [0.25, 0.3) is 5.91 Å². The second kappa shape index (κ2) is 9.27. The molecule has 0 saturated carbocycles. The lowest BCUT2D eigenvalue weighted by molar-refractivity contribution is 0.101. The second-order valence-corrected chi connectivity index (χ2v) is 8.46. The molecule has 31 heavy (non-hydrogen) atoms. The van der Waals surface area contributed by atoms with Crippen molar-refractivity contribution in [1.29, 1.82) is 0 Å². The molecule has 2 heterocycles. The summed E-state index contributed by atoms with van der Waals surface area (Å²) in [6.45, 7) is 0. The third-order valence-electron chi connectivity index (χ3n) is 3.95. The molecule has 1 N–H and O–H groups in total. The third-order valence-corrected chi connectivity index (χ3v) is 5.87. The molecule has 0 atom stereocenters. The van der Waals surface area contributed by atoms with Gasteiger partial charge in [0, 0.05) is 29.1 Å². The molecule has 0 unspecified atom stereocenters. The fourth-order valence-electron chi connectivity index (χ4n) is 2.53. The van der Waals surface area contributed by atoms with Gasteiger partial charge in [-0.05, 0) is 48.5 Å². The minimum absolute atomic E-state index is 0.104. The second-order valence-electron chi connectivity index (χ2n) is 6.30. The van der Waals surface area contributed by atoms with Crippen LogP contribution >= 0.6 is 23.5 Å². The maximum Gasteiger partial charge on any atom is 0.278 e. The van der Waals surface area contributed by atoms with Crippen LogP contribution in [0, 0.1) is 11.6 Å². The van der Waals surface area contributed by atoms with Crippen molar-refractivity contribution < 1.29 is 13.6 Å². The molecule has 4 aromatic rings. The molecule has 10 heteroatoms. The van der Waals surface area contributed by atoms with Crippen molar-refractivity contribution in [2.24, 2.45) is 7.05 Å². The molecule has 2 aromatic heterocycles. The van der Waals surface area contributed by atoms with Gasteiger partial charge in [-0.25, -0.2) is 18.7 Å². The minimum Gasteiger partial charge on any atom is -0.304 e. The van der Waals surface area contributed by atoms with Gasteiger partial charge in [0.1, 0.15) is 21.7 Å². The van der Waals surface area contributed by atoms with Crippen molar-refractivity contribution in [3.63, 3.8) is 0 Å². The van der Waals surface area contributed by atoms with E-state index in [0.717, 1.165) is 4.90 Å². The zero-order valence-electron chi connectivity index (χ0n) is 16.1. The van der Waals surface area contributed by atoms with Crippen LogP contribution in [0.25, 0.3) is 0 Å². The first-order valence-corrected chi connectivity index (χ1v) is 10.6. The molecule has 0 radical (unpaired) electrons. The van der Waals surface area contributed by atoms with E-state index in [1.807, 2.05) is 0 Å². The summed E-state index contributed by atoms with van der Waals surface area (Å²) in [4.78, 5) is 23.3. The van der Waals surface area contributed by atoms with Crippen LogP contribution in [0.15, 0.2) is 86.8 Å². The molecule has 0 aliphatic heterocycles. The molecule has 0 saturated heterocycles. The smallest absolute Gasteiger partial charge is 0.278 e. The average Bonchev–Trinajstić information content (AvgIpc) is 3.17. The van der Waals surface area contributed by atoms with Gasteiger partial charge in [-0.3, -0.25) is 9.48 Å². The van der Waals surface area contributed by atoms with Crippen LogP contribution in [0.1, 0.15) is 10.5 Å². The molecule has 0 spiro atoms. The first-order chi connectivity index (χ1) is 15.0. The van der Waals surface area contributed by atoms with Gasteiger partial charge in [0.2, 0.25) is 0 Å². The zero-order valence-corrected chi connectivity index (χ0v) is 17.8. The van der Waals surface area contributed by atoms with Gasteiger partial charge in [-0.1, -0.05) is 23.5 Å². The van der Waals surface area contributed by atoms with Crippen LogP contribution in [0.3, 0.4) is 0 Å². The van der Waals surface area contributed by atoms with E-state index in [1.54, 1.807) is 48.3 Å². The molecular formula is C21H15F2N5OS2. The van der Waals surface area contributed by atoms with E-state index in [1.165, 1.54) is 54.0 Å². The Bertz CT molecular complexity index is 1210. The molecule has 1 amide bonds. The van der Waals surface area contributed by atoms with Crippen molar-refractivity contribution in [3.05, 3.63) is 84.3 Å². The van der Waals surface area contributed by atoms with Gasteiger partial charge in [0.05, 0.1) is 6.20 Å². The monoisotopic (exact) mass is 455 g/mol. The fourth-order valence-corrected chi connectivity index (χ4v) is 4.12. The molecule has 0 aliphatic rings. The van der Waals surface area contributed by atoms with E-state index in [2.05, 4.69) is 20.4 Å². The minimum atomic E-state index is -0.475. The van der Waals surface area contributed by atoms with Gasteiger partial charge >= 0.3 is 0 Å². The Morgan fingerprint density at radius 2 is 1.55 bits per heavy atom. The van der Waals surface area contributed by atoms with Crippen LogP contribution in [0.5, 0.6) is 0 Å². The lowest BCUT2D eigenvalue weighted by atomic mass is 10.3. The number of carbonyl (C=O) groups excluding carboxylic acids is 1. The summed E-state index contributed by atoms with van der Waals surface area (Å²) in [7, 11) is 1.74. The number of hydrogen-bond donors (Lipinski definition) is 1. The number of carbonyl (C=O) groups is 1. The predicted octanol–water partition coefficient (Wildman–Crippen LogP) is 5.04. The third kappa shape index (κ3) is 5.47. The summed E-state index contributed by atoms with van der Waals surface area (Å²) in [6.07, 6.45) is 3.24. The Morgan fingerprint density at radius 3 is 2.13 bits per heavy atom. The molecule has 2 aromatic carbocycles. The van der Waals surface area contributed by atoms with Gasteiger partial charge < -0.3 is 5.32 Å². The SMILES string of the molecule is Cn1ccc(NC(=O)c2nc(Sc3ccc(F)cc3)cnc2Sc2ccc(F)cc2)n1. The zero-order chi connectivity index (χ0) is 21.8. The highest BCUT2D eigenvalue weighted by Crippen LogP contribution is 2.32. The number of amides is 1. The molecular weight excluding hydrogens is 440 g/mol. The normalized spacial score (nSPS) is 10.8. The van der Waals surface area contributed by atoms with Gasteiger partial charge in [-0.2, -0.15) is 5.10 Å². The standard InChI is InChI=1S/C21H15F2N5OS2/c1-28-11-10-17(27-28)25-20(29)19-21(31-16-8-4-14(23)5-9-16)24-12-18(26-19)30-15-6-2-13(22)3-7-15/h2-12H,1H3,(H,25,27,29). The number of halogens is 2. The molecule has 156 valence electrons. The molecule has 4 rings (SSSR count). The first kappa shape index (κ1) is 21.0. The van der Waals surface area contributed by atoms with Crippen LogP contribution in [-0.4, -0.2) is 25.7 Å². The molecule has 0 bridgehead atoms. The largest absolute Gasteiger partial charge is 0.304 e. The lowest BCUT2D eigenvalue weighted by Crippen LogP contribution is -2.16. The predicted molar refractivity (Wildman–Crippen MR) is 114 cm³/mol. The van der Waals surface area contributed by atoms with E-state index in [4.69, 9.17) is 0 Å². The van der Waals surface area contributed by atoms with E-state index >= 15 is 0 Å². The number of benzene rings is 2. The van der Waals surface area contributed by atoms with E-state index < -0.39 is 5.91 Å². The number of anilines is 1. The Labute approximate surface area is 185 Å². The van der Waals surface area contributed by atoms with Gasteiger partial charge in [-0.15, -0.1) is 0 Å². The summed E-state index contributed by atoms with van der Waals surface area (Å²) in [5.41, 5.74) is 0.104. The number of aryl methyl sites for hydroxylation is 1. The molecule has 6 nitrogen and oxygen atoms in total. The van der Waals surface area contributed by atoms with Crippen LogP contribution < -0.4 is 5.32 Å². The van der Waals surface area contributed by atoms with Crippen molar-refractivity contribution in [1.82, 2.24) is 19.7 Å². The van der Waals surface area contributed by atoms with Crippen LogP contribution in [0.4, 0.5) is 14.6 Å². The topological polar surface area (TPSA) is 72.7 Å². The highest BCUT2D eigenvalue weighted by Gasteiger charge is 2.19. The van der Waals surface area contributed by atoms with Crippen molar-refractivity contribution in [2.45, 2.75) is 19.8 Å². The summed E-state index contributed by atoms with van der Waals surface area (Å²) in [6, 6.07) is 13.5. The Balaban J connectivity index is 1.64. The number of nitrogens with one attached hydrogen (secondary N) is 1. The highest BCUT2D eigenvalue weighted by molar-refractivity contribution is 7.99. The van der Waals surface area contributed by atoms with Gasteiger partial charge in [0.15, 0.2) is 11.5 Å². The summed E-state index contributed by atoms with van der Waals surface area (Å²) >= 11 is 2.45. The average molecular weight is 456 g/mol. The Kier molecular flexibility index (Phi) is 6.28. The molecule has 0 aliphatic carbocycles. The van der Waals surface area contributed by atoms with E-state index in [9.17, 15) is 13.6 Å². The number of hydrogen-bond acceptors (Lipinski definition) is 6. The lowest BCUT2D eigenvalue weighted by Gasteiger charge is -2.09. The molecule has 0 fully saturated rings. The van der Waals surface area contributed by atoms with E-state index in [0.29, 0.717) is 20.8 Å². The summed E-state index contributed by atoms with van der Waals surface area (Å²) < 4.78 is 28.0. The Hall–Kier alpha value is -3.24. The number of aromatic nitrogens is 4. The number of nitrogens with zero attached hydrogens (tertiary/aromatic N) is 4.